The highest BCUT2D eigenvalue weighted by molar-refractivity contribution is 14.1. The van der Waals surface area contributed by atoms with Crippen LogP contribution in [0.5, 0.6) is 0 Å². The lowest BCUT2D eigenvalue weighted by Crippen LogP contribution is -2.06. The first-order valence-corrected chi connectivity index (χ1v) is 7.36. The van der Waals surface area contributed by atoms with E-state index in [1.165, 1.54) is 29.3 Å². The molecule has 0 saturated heterocycles. The zero-order valence-electron chi connectivity index (χ0n) is 9.37. The van der Waals surface area contributed by atoms with Crippen molar-refractivity contribution >= 4 is 45.2 Å². The van der Waals surface area contributed by atoms with Crippen molar-refractivity contribution in [1.29, 1.82) is 0 Å². The van der Waals surface area contributed by atoms with Crippen LogP contribution in [0.3, 0.4) is 0 Å². The third-order valence-corrected chi connectivity index (χ3v) is 4.51. The van der Waals surface area contributed by atoms with E-state index in [0.717, 1.165) is 23.5 Å². The second-order valence-electron chi connectivity index (χ2n) is 4.66. The Morgan fingerprint density at radius 3 is 2.94 bits per heavy atom. The predicted octanol–water partition coefficient (Wildman–Crippen LogP) is 3.88. The number of nitrogens with zero attached hydrogens (tertiary/aromatic N) is 3. The van der Waals surface area contributed by atoms with E-state index in [1.807, 2.05) is 6.20 Å². The molecule has 0 spiro atoms. The van der Waals surface area contributed by atoms with Crippen LogP contribution < -0.4 is 0 Å². The van der Waals surface area contributed by atoms with Crippen LogP contribution >= 0.6 is 34.2 Å². The highest BCUT2D eigenvalue weighted by Gasteiger charge is 2.17. The molecule has 0 bridgehead atoms. The van der Waals surface area contributed by atoms with Crippen LogP contribution in [0.1, 0.15) is 25.7 Å². The van der Waals surface area contributed by atoms with Crippen LogP contribution in [-0.2, 0) is 6.54 Å². The summed E-state index contributed by atoms with van der Waals surface area (Å²) in [7, 11) is 0. The van der Waals surface area contributed by atoms with Gasteiger partial charge in [0.25, 0.3) is 0 Å². The van der Waals surface area contributed by atoms with E-state index in [4.69, 9.17) is 11.6 Å². The summed E-state index contributed by atoms with van der Waals surface area (Å²) in [5.41, 5.74) is 0.973. The molecule has 0 amide bonds. The van der Waals surface area contributed by atoms with Crippen LogP contribution in [0.4, 0.5) is 0 Å². The fraction of sp³-hybridized carbons (Fsp3) is 0.500. The van der Waals surface area contributed by atoms with Crippen LogP contribution in [0.15, 0.2) is 12.4 Å². The summed E-state index contributed by atoms with van der Waals surface area (Å²) in [4.78, 5) is 8.40. The van der Waals surface area contributed by atoms with Gasteiger partial charge >= 0.3 is 0 Å². The fourth-order valence-corrected chi connectivity index (χ4v) is 3.46. The van der Waals surface area contributed by atoms with E-state index in [2.05, 4.69) is 43.3 Å². The average Bonchev–Trinajstić information content (AvgIpc) is 2.89. The molecule has 2 aromatic rings. The van der Waals surface area contributed by atoms with Crippen LogP contribution in [-0.4, -0.2) is 14.5 Å². The van der Waals surface area contributed by atoms with Gasteiger partial charge in [0.05, 0.1) is 5.39 Å². The van der Waals surface area contributed by atoms with Gasteiger partial charge < -0.3 is 4.57 Å². The molecule has 5 heteroatoms. The summed E-state index contributed by atoms with van der Waals surface area (Å²) in [6, 6.07) is 0. The van der Waals surface area contributed by atoms with Crippen molar-refractivity contribution < 1.29 is 0 Å². The van der Waals surface area contributed by atoms with Gasteiger partial charge in [0.15, 0.2) is 0 Å². The van der Waals surface area contributed by atoms with Crippen molar-refractivity contribution in [3.8, 4) is 0 Å². The van der Waals surface area contributed by atoms with Gasteiger partial charge in [-0.3, -0.25) is 0 Å². The van der Waals surface area contributed by atoms with Crippen LogP contribution in [0.25, 0.3) is 11.0 Å². The molecule has 0 radical (unpaired) electrons. The molecule has 0 aliphatic heterocycles. The molecule has 17 heavy (non-hydrogen) atoms. The van der Waals surface area contributed by atoms with Gasteiger partial charge in [-0.05, 0) is 53.0 Å². The van der Waals surface area contributed by atoms with Gasteiger partial charge in [0.1, 0.15) is 5.65 Å². The minimum Gasteiger partial charge on any atom is -0.331 e. The second kappa shape index (κ2) is 4.72. The Morgan fingerprint density at radius 2 is 2.18 bits per heavy atom. The minimum absolute atomic E-state index is 0.333. The van der Waals surface area contributed by atoms with Crippen molar-refractivity contribution in [1.82, 2.24) is 14.5 Å². The second-order valence-corrected chi connectivity index (χ2v) is 6.16. The number of hydrogen-bond donors (Lipinski definition) is 0. The smallest absolute Gasteiger partial charge is 0.224 e. The maximum atomic E-state index is 5.88. The van der Waals surface area contributed by atoms with Crippen molar-refractivity contribution in [2.24, 2.45) is 5.92 Å². The van der Waals surface area contributed by atoms with Gasteiger partial charge in [-0.2, -0.15) is 4.98 Å². The molecule has 3 nitrogen and oxygen atoms in total. The van der Waals surface area contributed by atoms with Crippen molar-refractivity contribution in [2.75, 3.05) is 0 Å². The highest BCUT2D eigenvalue weighted by Crippen LogP contribution is 2.29. The zero-order chi connectivity index (χ0) is 11.8. The van der Waals surface area contributed by atoms with E-state index < -0.39 is 0 Å². The van der Waals surface area contributed by atoms with E-state index in [0.29, 0.717) is 5.28 Å². The van der Waals surface area contributed by atoms with Crippen LogP contribution in [0.2, 0.25) is 5.28 Å². The molecular weight excluding hydrogens is 349 g/mol. The number of hydrogen-bond acceptors (Lipinski definition) is 2. The third-order valence-electron chi connectivity index (χ3n) is 3.47. The Morgan fingerprint density at radius 1 is 1.41 bits per heavy atom. The molecule has 2 aromatic heterocycles. The largest absolute Gasteiger partial charge is 0.331 e. The Labute approximate surface area is 119 Å². The normalized spacial score (nSPS) is 17.1. The maximum absolute atomic E-state index is 5.88. The summed E-state index contributed by atoms with van der Waals surface area (Å²) in [5.74, 6) is 0.801. The molecular formula is C12H13ClIN3. The standard InChI is InChI=1S/C12H13ClIN3/c13-12-15-5-9-10(14)7-17(11(9)16-12)6-8-3-1-2-4-8/h5,7-8H,1-4,6H2. The molecule has 1 saturated carbocycles. The summed E-state index contributed by atoms with van der Waals surface area (Å²) >= 11 is 8.21. The number of rotatable bonds is 2. The summed E-state index contributed by atoms with van der Waals surface area (Å²) in [6.45, 7) is 1.06. The number of halogens is 2. The lowest BCUT2D eigenvalue weighted by Gasteiger charge is -2.10. The molecule has 1 fully saturated rings. The lowest BCUT2D eigenvalue weighted by atomic mass is 10.1. The van der Waals surface area contributed by atoms with Gasteiger partial charge in [-0.15, -0.1) is 0 Å². The van der Waals surface area contributed by atoms with Crippen LogP contribution in [0, 0.1) is 9.49 Å². The van der Waals surface area contributed by atoms with E-state index in [9.17, 15) is 0 Å². The van der Waals surface area contributed by atoms with Gasteiger partial charge in [-0.25, -0.2) is 4.98 Å². The predicted molar refractivity (Wildman–Crippen MR) is 77.2 cm³/mol. The van der Waals surface area contributed by atoms with Gasteiger partial charge in [-0.1, -0.05) is 12.8 Å². The quantitative estimate of drug-likeness (QED) is 0.600. The van der Waals surface area contributed by atoms with Crippen molar-refractivity contribution in [3.63, 3.8) is 0 Å². The maximum Gasteiger partial charge on any atom is 0.224 e. The first-order valence-electron chi connectivity index (χ1n) is 5.91. The third kappa shape index (κ3) is 2.29. The van der Waals surface area contributed by atoms with Gasteiger partial charge in [0, 0.05) is 22.5 Å². The first-order chi connectivity index (χ1) is 8.24. The molecule has 3 rings (SSSR count). The van der Waals surface area contributed by atoms with Crippen molar-refractivity contribution in [3.05, 3.63) is 21.2 Å². The molecule has 0 atom stereocenters. The number of aromatic nitrogens is 3. The Kier molecular flexibility index (Phi) is 3.25. The molecule has 0 N–H and O–H groups in total. The summed E-state index contributed by atoms with van der Waals surface area (Å²) < 4.78 is 3.44. The SMILES string of the molecule is Clc1ncc2c(I)cn(CC3CCCC3)c2n1. The summed E-state index contributed by atoms with van der Waals surface area (Å²) in [6.07, 6.45) is 9.41. The van der Waals surface area contributed by atoms with Crippen molar-refractivity contribution in [2.45, 2.75) is 32.2 Å². The average molecular weight is 362 g/mol. The lowest BCUT2D eigenvalue weighted by molar-refractivity contribution is 0.464. The van der Waals surface area contributed by atoms with Gasteiger partial charge in [0.2, 0.25) is 5.28 Å². The fourth-order valence-electron chi connectivity index (χ4n) is 2.62. The Balaban J connectivity index is 2.00. The zero-order valence-corrected chi connectivity index (χ0v) is 12.3. The van der Waals surface area contributed by atoms with E-state index in [1.54, 1.807) is 0 Å². The Hall–Kier alpha value is -0.360. The highest BCUT2D eigenvalue weighted by atomic mass is 127. The monoisotopic (exact) mass is 361 g/mol. The molecule has 1 aliphatic carbocycles. The molecule has 0 unspecified atom stereocenters. The van der Waals surface area contributed by atoms with E-state index in [-0.39, 0.29) is 0 Å². The number of fused-ring (bicyclic) bond motifs is 1. The topological polar surface area (TPSA) is 30.7 Å². The minimum atomic E-state index is 0.333. The molecule has 2 heterocycles. The molecule has 1 aliphatic rings. The summed E-state index contributed by atoms with van der Waals surface area (Å²) in [5, 5.41) is 1.44. The first kappa shape index (κ1) is 11.7. The Bertz CT molecular complexity index is 546. The molecule has 90 valence electrons. The van der Waals surface area contributed by atoms with E-state index >= 15 is 0 Å². The molecule has 0 aromatic carbocycles.